The summed E-state index contributed by atoms with van der Waals surface area (Å²) in [6.45, 7) is 3.41. The van der Waals surface area contributed by atoms with E-state index in [4.69, 9.17) is 4.74 Å². The number of hydrogen-bond acceptors (Lipinski definition) is 5. The van der Waals surface area contributed by atoms with Gasteiger partial charge in [-0.05, 0) is 25.5 Å². The molecule has 27 heavy (non-hydrogen) atoms. The van der Waals surface area contributed by atoms with Crippen molar-refractivity contribution < 1.29 is 23.9 Å². The molecule has 0 bridgehead atoms. The lowest BCUT2D eigenvalue weighted by molar-refractivity contribution is -0.124. The predicted molar refractivity (Wildman–Crippen MR) is 99.7 cm³/mol. The molecule has 0 radical (unpaired) electrons. The molecule has 6 heteroatoms. The van der Waals surface area contributed by atoms with E-state index in [0.717, 1.165) is 6.42 Å². The number of Topliss-reactive ketones (excluding diaryl/α,β-unsaturated/α-hetero) is 2. The van der Waals surface area contributed by atoms with Gasteiger partial charge in [0.2, 0.25) is 11.6 Å². The van der Waals surface area contributed by atoms with Crippen LogP contribution in [0.3, 0.4) is 0 Å². The lowest BCUT2D eigenvalue weighted by atomic mass is 10.0. The van der Waals surface area contributed by atoms with Gasteiger partial charge in [-0.15, -0.1) is 0 Å². The van der Waals surface area contributed by atoms with Gasteiger partial charge in [0.25, 0.3) is 5.91 Å². The molecular formula is C21H21NO5. The van der Waals surface area contributed by atoms with Crippen molar-refractivity contribution in [2.75, 3.05) is 6.61 Å². The number of esters is 1. The third-order valence-electron chi connectivity index (χ3n) is 3.98. The Morgan fingerprint density at radius 2 is 1.37 bits per heavy atom. The Morgan fingerprint density at radius 1 is 0.852 bits per heavy atom. The quantitative estimate of drug-likeness (QED) is 0.440. The first-order valence-corrected chi connectivity index (χ1v) is 8.63. The van der Waals surface area contributed by atoms with Gasteiger partial charge in [0, 0.05) is 17.2 Å². The Balaban J connectivity index is 1.96. The molecule has 0 spiro atoms. The highest BCUT2D eigenvalue weighted by Crippen LogP contribution is 2.10. The third-order valence-corrected chi connectivity index (χ3v) is 3.98. The van der Waals surface area contributed by atoms with Crippen LogP contribution in [0.1, 0.15) is 51.3 Å². The molecule has 2 aromatic rings. The molecular weight excluding hydrogens is 346 g/mol. The summed E-state index contributed by atoms with van der Waals surface area (Å²) in [6, 6.07) is 13.8. The Labute approximate surface area is 157 Å². The van der Waals surface area contributed by atoms with Crippen LogP contribution in [0, 0.1) is 0 Å². The summed E-state index contributed by atoms with van der Waals surface area (Å²) in [4.78, 5) is 48.0. The first-order valence-electron chi connectivity index (χ1n) is 8.63. The SMILES string of the molecule is CC[C@H](C)NC(=O)COC(=O)c1ccc(C(=O)C(=O)c2ccccc2)cc1. The summed E-state index contributed by atoms with van der Waals surface area (Å²) >= 11 is 0. The maximum atomic E-state index is 12.3. The average Bonchev–Trinajstić information content (AvgIpc) is 2.71. The number of ether oxygens (including phenoxy) is 1. The largest absolute Gasteiger partial charge is 0.452 e. The number of hydrogen-bond donors (Lipinski definition) is 1. The topological polar surface area (TPSA) is 89.5 Å². The van der Waals surface area contributed by atoms with Crippen LogP contribution >= 0.6 is 0 Å². The highest BCUT2D eigenvalue weighted by atomic mass is 16.5. The predicted octanol–water partition coefficient (Wildman–Crippen LogP) is 2.82. The fraction of sp³-hybridized carbons (Fsp3) is 0.238. The number of carbonyl (C=O) groups excluding carboxylic acids is 4. The zero-order valence-corrected chi connectivity index (χ0v) is 15.2. The van der Waals surface area contributed by atoms with Crippen molar-refractivity contribution in [1.82, 2.24) is 5.32 Å². The number of nitrogens with one attached hydrogen (secondary N) is 1. The number of benzene rings is 2. The molecule has 1 amide bonds. The molecule has 0 saturated carbocycles. The molecule has 0 aliphatic carbocycles. The molecule has 1 atom stereocenters. The molecule has 0 heterocycles. The van der Waals surface area contributed by atoms with Crippen molar-refractivity contribution in [2.45, 2.75) is 26.3 Å². The van der Waals surface area contributed by atoms with Crippen LogP contribution < -0.4 is 5.32 Å². The van der Waals surface area contributed by atoms with E-state index in [1.165, 1.54) is 24.3 Å². The van der Waals surface area contributed by atoms with Crippen LogP contribution in [0.15, 0.2) is 54.6 Å². The van der Waals surface area contributed by atoms with Gasteiger partial charge in [-0.2, -0.15) is 0 Å². The third kappa shape index (κ3) is 5.60. The molecule has 140 valence electrons. The standard InChI is InChI=1S/C21H21NO5/c1-3-14(2)22-18(23)13-27-21(26)17-11-9-16(10-12-17)20(25)19(24)15-7-5-4-6-8-15/h4-12,14H,3,13H2,1-2H3,(H,22,23)/t14-/m0/s1. The Hall–Kier alpha value is -3.28. The van der Waals surface area contributed by atoms with Crippen LogP contribution in [-0.2, 0) is 9.53 Å². The minimum atomic E-state index is -0.678. The Kier molecular flexibility index (Phi) is 7.00. The van der Waals surface area contributed by atoms with E-state index in [-0.39, 0.29) is 29.7 Å². The fourth-order valence-corrected chi connectivity index (χ4v) is 2.24. The summed E-state index contributed by atoms with van der Waals surface area (Å²) in [7, 11) is 0. The monoisotopic (exact) mass is 367 g/mol. The van der Waals surface area contributed by atoms with Crippen molar-refractivity contribution in [1.29, 1.82) is 0 Å². The van der Waals surface area contributed by atoms with E-state index in [9.17, 15) is 19.2 Å². The zero-order valence-electron chi connectivity index (χ0n) is 15.2. The van der Waals surface area contributed by atoms with Crippen molar-refractivity contribution in [3.63, 3.8) is 0 Å². The molecule has 0 aromatic heterocycles. The summed E-state index contributed by atoms with van der Waals surface area (Å²) in [5.41, 5.74) is 0.670. The highest BCUT2D eigenvalue weighted by molar-refractivity contribution is 6.49. The molecule has 0 unspecified atom stereocenters. The van der Waals surface area contributed by atoms with Gasteiger partial charge in [0.1, 0.15) is 0 Å². The molecule has 1 N–H and O–H groups in total. The van der Waals surface area contributed by atoms with Crippen molar-refractivity contribution in [3.05, 3.63) is 71.3 Å². The minimum Gasteiger partial charge on any atom is -0.452 e. The normalized spacial score (nSPS) is 11.3. The molecule has 0 aliphatic rings. The lowest BCUT2D eigenvalue weighted by Crippen LogP contribution is -2.35. The smallest absolute Gasteiger partial charge is 0.338 e. The fourth-order valence-electron chi connectivity index (χ4n) is 2.24. The van der Waals surface area contributed by atoms with Crippen molar-refractivity contribution in [2.24, 2.45) is 0 Å². The summed E-state index contributed by atoms with van der Waals surface area (Å²) in [5, 5.41) is 2.69. The number of rotatable bonds is 8. The highest BCUT2D eigenvalue weighted by Gasteiger charge is 2.19. The maximum Gasteiger partial charge on any atom is 0.338 e. The Morgan fingerprint density at radius 3 is 1.93 bits per heavy atom. The number of carbonyl (C=O) groups is 4. The van der Waals surface area contributed by atoms with Crippen LogP contribution in [-0.4, -0.2) is 36.1 Å². The van der Waals surface area contributed by atoms with Crippen LogP contribution in [0.5, 0.6) is 0 Å². The maximum absolute atomic E-state index is 12.3. The molecule has 0 fully saturated rings. The summed E-state index contributed by atoms with van der Waals surface area (Å²) < 4.78 is 4.95. The van der Waals surface area contributed by atoms with Crippen LogP contribution in [0.4, 0.5) is 0 Å². The zero-order chi connectivity index (χ0) is 19.8. The van der Waals surface area contributed by atoms with Crippen molar-refractivity contribution >= 4 is 23.4 Å². The van der Waals surface area contributed by atoms with Gasteiger partial charge < -0.3 is 10.1 Å². The van der Waals surface area contributed by atoms with Gasteiger partial charge >= 0.3 is 5.97 Å². The second-order valence-electron chi connectivity index (χ2n) is 6.05. The van der Waals surface area contributed by atoms with Crippen molar-refractivity contribution in [3.8, 4) is 0 Å². The summed E-state index contributed by atoms with van der Waals surface area (Å²) in [5.74, 6) is -2.33. The van der Waals surface area contributed by atoms with Gasteiger partial charge in [0.05, 0.1) is 5.56 Å². The number of ketones is 2. The number of amides is 1. The van der Waals surface area contributed by atoms with Gasteiger partial charge in [-0.25, -0.2) is 4.79 Å². The molecule has 6 nitrogen and oxygen atoms in total. The molecule has 2 rings (SSSR count). The second kappa shape index (κ2) is 9.43. The van der Waals surface area contributed by atoms with E-state index in [1.54, 1.807) is 30.3 Å². The van der Waals surface area contributed by atoms with E-state index < -0.39 is 17.5 Å². The average molecular weight is 367 g/mol. The summed E-state index contributed by atoms with van der Waals surface area (Å²) in [6.07, 6.45) is 0.775. The van der Waals surface area contributed by atoms with Gasteiger partial charge in [-0.1, -0.05) is 49.4 Å². The lowest BCUT2D eigenvalue weighted by Gasteiger charge is -2.11. The molecule has 2 aromatic carbocycles. The van der Waals surface area contributed by atoms with Gasteiger partial charge in [0.15, 0.2) is 6.61 Å². The minimum absolute atomic E-state index is 0.00338. The first-order chi connectivity index (χ1) is 12.9. The Bertz CT molecular complexity index is 827. The van der Waals surface area contributed by atoms with Gasteiger partial charge in [-0.3, -0.25) is 14.4 Å². The van der Waals surface area contributed by atoms with E-state index in [1.807, 2.05) is 13.8 Å². The molecule has 0 saturated heterocycles. The van der Waals surface area contributed by atoms with E-state index in [2.05, 4.69) is 5.32 Å². The molecule has 0 aliphatic heterocycles. The second-order valence-corrected chi connectivity index (χ2v) is 6.05. The van der Waals surface area contributed by atoms with Crippen LogP contribution in [0.25, 0.3) is 0 Å². The first kappa shape index (κ1) is 20.0. The van der Waals surface area contributed by atoms with E-state index >= 15 is 0 Å². The van der Waals surface area contributed by atoms with Crippen LogP contribution in [0.2, 0.25) is 0 Å². The van der Waals surface area contributed by atoms with E-state index in [0.29, 0.717) is 5.56 Å².